The number of amides is 1. The van der Waals surface area contributed by atoms with Gasteiger partial charge in [-0.1, -0.05) is 30.4 Å². The average molecular weight is 487 g/mol. The third-order valence-corrected chi connectivity index (χ3v) is 5.63. The lowest BCUT2D eigenvalue weighted by atomic mass is 10.0. The van der Waals surface area contributed by atoms with Crippen LogP contribution in [0.25, 0.3) is 22.2 Å². The molecule has 0 radical (unpaired) electrons. The maximum atomic E-state index is 12.9. The Labute approximate surface area is 208 Å². The quantitative estimate of drug-likeness (QED) is 0.476. The summed E-state index contributed by atoms with van der Waals surface area (Å²) in [6, 6.07) is 11.0. The van der Waals surface area contributed by atoms with Crippen molar-refractivity contribution < 1.29 is 23.8 Å². The molecule has 1 aliphatic rings. The monoisotopic (exact) mass is 486 g/mol. The first kappa shape index (κ1) is 24.5. The number of methoxy groups -OCH3 is 3. The number of ether oxygens (including phenoxy) is 3. The Morgan fingerprint density at radius 1 is 0.972 bits per heavy atom. The molecule has 1 aliphatic carbocycles. The fourth-order valence-corrected chi connectivity index (χ4v) is 3.80. The molecule has 0 bridgehead atoms. The number of carbonyl (C=O) groups excluding carboxylic acids is 2. The number of esters is 1. The Hall–Kier alpha value is -4.66. The highest BCUT2D eigenvalue weighted by atomic mass is 16.5. The fourth-order valence-electron chi connectivity index (χ4n) is 3.80. The van der Waals surface area contributed by atoms with Crippen molar-refractivity contribution in [2.24, 2.45) is 0 Å². The number of nitrogens with zero attached hydrogens (tertiary/aromatic N) is 2. The summed E-state index contributed by atoms with van der Waals surface area (Å²) in [4.78, 5) is 33.9. The molecule has 1 aromatic heterocycles. The highest BCUT2D eigenvalue weighted by Gasteiger charge is 2.16. The minimum absolute atomic E-state index is 0.305. The first-order chi connectivity index (χ1) is 17.5. The van der Waals surface area contributed by atoms with Crippen LogP contribution in [0.4, 0.5) is 11.6 Å². The topological polar surface area (TPSA) is 112 Å². The highest BCUT2D eigenvalue weighted by Crippen LogP contribution is 2.36. The van der Waals surface area contributed by atoms with Gasteiger partial charge in [0.15, 0.2) is 11.5 Å². The predicted molar refractivity (Wildman–Crippen MR) is 138 cm³/mol. The van der Waals surface area contributed by atoms with Crippen molar-refractivity contribution >= 4 is 34.4 Å². The summed E-state index contributed by atoms with van der Waals surface area (Å²) < 4.78 is 15.7. The van der Waals surface area contributed by atoms with Gasteiger partial charge in [-0.05, 0) is 30.7 Å². The summed E-state index contributed by atoms with van der Waals surface area (Å²) >= 11 is 0. The second-order valence-corrected chi connectivity index (χ2v) is 7.82. The molecule has 2 aromatic carbocycles. The SMILES string of the molecule is CNc1nc(-c2cccc(NC(=O)C3=CC=C(C(=O)OC)CC=C3)c2)c2cc(OC)c(OC)cc2n1. The van der Waals surface area contributed by atoms with E-state index in [4.69, 9.17) is 14.2 Å². The van der Waals surface area contributed by atoms with Crippen LogP contribution in [-0.2, 0) is 14.3 Å². The van der Waals surface area contributed by atoms with Crippen molar-refractivity contribution in [1.82, 2.24) is 9.97 Å². The lowest BCUT2D eigenvalue weighted by Gasteiger charge is -2.13. The van der Waals surface area contributed by atoms with Crippen molar-refractivity contribution in [1.29, 1.82) is 0 Å². The Balaban J connectivity index is 1.69. The molecule has 0 saturated carbocycles. The van der Waals surface area contributed by atoms with Gasteiger partial charge in [0.05, 0.1) is 32.5 Å². The second-order valence-electron chi connectivity index (χ2n) is 7.82. The van der Waals surface area contributed by atoms with Gasteiger partial charge in [-0.25, -0.2) is 14.8 Å². The normalized spacial score (nSPS) is 12.8. The molecule has 36 heavy (non-hydrogen) atoms. The molecule has 0 spiro atoms. The molecular weight excluding hydrogens is 460 g/mol. The van der Waals surface area contributed by atoms with Gasteiger partial charge in [-0.3, -0.25) is 4.79 Å². The standard InChI is InChI=1S/C27H26N4O5/c1-28-27-30-21-15-23(35-3)22(34-2)14-20(21)24(31-27)18-9-6-10-19(13-18)29-25(32)16-7-5-8-17(12-11-16)26(33)36-4/h5-7,9-15H,8H2,1-4H3,(H,29,32)(H,28,30,31). The van der Waals surface area contributed by atoms with Crippen LogP contribution in [0.1, 0.15) is 6.42 Å². The molecular formula is C27H26N4O5. The highest BCUT2D eigenvalue weighted by molar-refractivity contribution is 6.07. The molecule has 4 rings (SSSR count). The van der Waals surface area contributed by atoms with E-state index in [2.05, 4.69) is 20.6 Å². The molecule has 184 valence electrons. The second kappa shape index (κ2) is 10.7. The Morgan fingerprint density at radius 3 is 2.47 bits per heavy atom. The molecule has 1 amide bonds. The van der Waals surface area contributed by atoms with Crippen LogP contribution in [0.3, 0.4) is 0 Å². The first-order valence-corrected chi connectivity index (χ1v) is 11.2. The smallest absolute Gasteiger partial charge is 0.334 e. The zero-order chi connectivity index (χ0) is 25.7. The van der Waals surface area contributed by atoms with E-state index in [-0.39, 0.29) is 5.91 Å². The fraction of sp³-hybridized carbons (Fsp3) is 0.185. The summed E-state index contributed by atoms with van der Waals surface area (Å²) in [5.41, 5.74) is 3.61. The molecule has 9 nitrogen and oxygen atoms in total. The van der Waals surface area contributed by atoms with Crippen LogP contribution in [0.15, 0.2) is 71.8 Å². The van der Waals surface area contributed by atoms with E-state index in [1.165, 1.54) is 7.11 Å². The van der Waals surface area contributed by atoms with Crippen LogP contribution in [0, 0.1) is 0 Å². The Kier molecular flexibility index (Phi) is 7.29. The van der Waals surface area contributed by atoms with Crippen LogP contribution >= 0.6 is 0 Å². The first-order valence-electron chi connectivity index (χ1n) is 11.2. The number of aromatic nitrogens is 2. The molecule has 2 N–H and O–H groups in total. The van der Waals surface area contributed by atoms with Crippen LogP contribution in [-0.4, -0.2) is 50.2 Å². The third-order valence-electron chi connectivity index (χ3n) is 5.63. The summed E-state index contributed by atoms with van der Waals surface area (Å²) in [5.74, 6) is 0.842. The minimum atomic E-state index is -0.419. The maximum Gasteiger partial charge on any atom is 0.334 e. The van der Waals surface area contributed by atoms with Gasteiger partial charge >= 0.3 is 5.97 Å². The molecule has 1 heterocycles. The molecule has 0 saturated heterocycles. The van der Waals surface area contributed by atoms with E-state index >= 15 is 0 Å². The summed E-state index contributed by atoms with van der Waals surface area (Å²) in [5, 5.41) is 6.68. The zero-order valence-electron chi connectivity index (χ0n) is 20.4. The minimum Gasteiger partial charge on any atom is -0.493 e. The number of carbonyl (C=O) groups is 2. The lowest BCUT2D eigenvalue weighted by molar-refractivity contribution is -0.136. The van der Waals surface area contributed by atoms with Gasteiger partial charge in [0.2, 0.25) is 5.95 Å². The number of allylic oxidation sites excluding steroid dienone is 3. The largest absolute Gasteiger partial charge is 0.493 e. The molecule has 0 fully saturated rings. The van der Waals surface area contributed by atoms with Gasteiger partial charge in [-0.2, -0.15) is 0 Å². The van der Waals surface area contributed by atoms with Gasteiger partial charge in [0.25, 0.3) is 5.91 Å². The average Bonchev–Trinajstić information content (AvgIpc) is 3.17. The van der Waals surface area contributed by atoms with E-state index in [9.17, 15) is 9.59 Å². The van der Waals surface area contributed by atoms with Crippen molar-refractivity contribution in [3.05, 3.63) is 71.8 Å². The van der Waals surface area contributed by atoms with Gasteiger partial charge in [0.1, 0.15) is 0 Å². The van der Waals surface area contributed by atoms with E-state index in [0.29, 0.717) is 51.9 Å². The number of benzene rings is 2. The summed E-state index contributed by atoms with van der Waals surface area (Å²) in [6.45, 7) is 0. The third kappa shape index (κ3) is 5.05. The number of hydrogen-bond acceptors (Lipinski definition) is 8. The van der Waals surface area contributed by atoms with Crippen LogP contribution in [0.2, 0.25) is 0 Å². The molecule has 0 unspecified atom stereocenters. The van der Waals surface area contributed by atoms with Crippen molar-refractivity contribution in [3.8, 4) is 22.8 Å². The van der Waals surface area contributed by atoms with Gasteiger partial charge < -0.3 is 24.8 Å². The predicted octanol–water partition coefficient (Wildman–Crippen LogP) is 4.28. The Morgan fingerprint density at radius 2 is 1.75 bits per heavy atom. The van der Waals surface area contributed by atoms with E-state index < -0.39 is 5.97 Å². The molecule has 0 aliphatic heterocycles. The molecule has 0 atom stereocenters. The zero-order valence-corrected chi connectivity index (χ0v) is 20.4. The van der Waals surface area contributed by atoms with Gasteiger partial charge in [-0.15, -0.1) is 0 Å². The summed E-state index contributed by atoms with van der Waals surface area (Å²) in [6.07, 6.45) is 7.03. The number of hydrogen-bond donors (Lipinski definition) is 2. The number of rotatable bonds is 7. The Bertz CT molecular complexity index is 1430. The molecule has 3 aromatic rings. The summed E-state index contributed by atoms with van der Waals surface area (Å²) in [7, 11) is 6.22. The van der Waals surface area contributed by atoms with Gasteiger partial charge in [0, 0.05) is 40.9 Å². The van der Waals surface area contributed by atoms with Crippen molar-refractivity contribution in [2.75, 3.05) is 39.0 Å². The van der Waals surface area contributed by atoms with Crippen LogP contribution in [0.5, 0.6) is 11.5 Å². The number of anilines is 2. The van der Waals surface area contributed by atoms with Crippen LogP contribution < -0.4 is 20.1 Å². The lowest BCUT2D eigenvalue weighted by Crippen LogP contribution is -2.13. The van der Waals surface area contributed by atoms with E-state index in [1.54, 1.807) is 57.7 Å². The number of fused-ring (bicyclic) bond motifs is 1. The molecule has 9 heteroatoms. The van der Waals surface area contributed by atoms with E-state index in [1.807, 2.05) is 24.3 Å². The van der Waals surface area contributed by atoms with E-state index in [0.717, 1.165) is 10.9 Å². The maximum absolute atomic E-state index is 12.9. The van der Waals surface area contributed by atoms with Crippen molar-refractivity contribution in [2.45, 2.75) is 6.42 Å². The number of nitrogens with one attached hydrogen (secondary N) is 2. The van der Waals surface area contributed by atoms with Crippen molar-refractivity contribution in [3.63, 3.8) is 0 Å².